The molecular weight excluding hydrogens is 454 g/mol. The quantitative estimate of drug-likeness (QED) is 0.371. The van der Waals surface area contributed by atoms with Crippen LogP contribution in [0.3, 0.4) is 0 Å². The van der Waals surface area contributed by atoms with Crippen LogP contribution >= 0.6 is 11.6 Å². The van der Waals surface area contributed by atoms with Crippen LogP contribution in [-0.2, 0) is 0 Å². The monoisotopic (exact) mass is 483 g/mol. The summed E-state index contributed by atoms with van der Waals surface area (Å²) in [5.74, 6) is 3.33. The van der Waals surface area contributed by atoms with Gasteiger partial charge in [0.1, 0.15) is 17.2 Å². The zero-order valence-electron chi connectivity index (χ0n) is 19.7. The summed E-state index contributed by atoms with van der Waals surface area (Å²) in [5.41, 5.74) is 1.48. The lowest BCUT2D eigenvalue weighted by Crippen LogP contribution is -2.20. The van der Waals surface area contributed by atoms with Gasteiger partial charge in [-0.05, 0) is 43.2 Å². The molecule has 0 unspecified atom stereocenters. The molecule has 0 spiro atoms. The highest BCUT2D eigenvalue weighted by Gasteiger charge is 2.18. The molecule has 1 fully saturated rings. The van der Waals surface area contributed by atoms with E-state index in [0.29, 0.717) is 46.0 Å². The van der Waals surface area contributed by atoms with Gasteiger partial charge in [-0.15, -0.1) is 0 Å². The fraction of sp³-hybridized carbons (Fsp3) is 0.400. The number of anilines is 3. The minimum Gasteiger partial charge on any atom is -0.497 e. The summed E-state index contributed by atoms with van der Waals surface area (Å²) in [6.07, 6.45) is 7.16. The summed E-state index contributed by atoms with van der Waals surface area (Å²) in [6.45, 7) is 0. The number of halogens is 1. The Balaban J connectivity index is 1.71. The first-order chi connectivity index (χ1) is 16.6. The molecule has 3 aromatic rings. The highest BCUT2D eigenvalue weighted by molar-refractivity contribution is 6.32. The summed E-state index contributed by atoms with van der Waals surface area (Å²) >= 11 is 6.31. The molecule has 2 N–H and O–H groups in total. The van der Waals surface area contributed by atoms with Gasteiger partial charge in [0.15, 0.2) is 5.82 Å². The minimum absolute atomic E-state index is 0.332. The van der Waals surface area contributed by atoms with E-state index in [2.05, 4.69) is 20.6 Å². The molecule has 1 aliphatic carbocycles. The molecule has 1 aromatic heterocycles. The highest BCUT2D eigenvalue weighted by atomic mass is 35.5. The number of benzene rings is 2. The van der Waals surface area contributed by atoms with Gasteiger partial charge >= 0.3 is 0 Å². The van der Waals surface area contributed by atoms with Crippen molar-refractivity contribution in [3.63, 3.8) is 0 Å². The van der Waals surface area contributed by atoms with Crippen molar-refractivity contribution in [3.8, 4) is 28.6 Å². The first kappa shape index (κ1) is 23.9. The van der Waals surface area contributed by atoms with E-state index in [-0.39, 0.29) is 0 Å². The first-order valence-electron chi connectivity index (χ1n) is 11.4. The third kappa shape index (κ3) is 5.80. The highest BCUT2D eigenvalue weighted by Crippen LogP contribution is 2.33. The van der Waals surface area contributed by atoms with E-state index in [0.717, 1.165) is 24.1 Å². The molecule has 0 amide bonds. The molecule has 0 bridgehead atoms. The molecule has 8 nitrogen and oxygen atoms in total. The fourth-order valence-corrected chi connectivity index (χ4v) is 4.34. The Morgan fingerprint density at radius 3 is 2.21 bits per heavy atom. The maximum atomic E-state index is 6.31. The summed E-state index contributed by atoms with van der Waals surface area (Å²) in [7, 11) is 4.82. The van der Waals surface area contributed by atoms with Crippen LogP contribution in [0.25, 0.3) is 11.4 Å². The number of rotatable bonds is 8. The smallest absolute Gasteiger partial charge is 0.232 e. The number of ether oxygens (including phenoxy) is 3. The first-order valence-corrected chi connectivity index (χ1v) is 11.8. The second-order valence-electron chi connectivity index (χ2n) is 8.18. The van der Waals surface area contributed by atoms with Crippen LogP contribution in [0.4, 0.5) is 17.6 Å². The molecule has 9 heteroatoms. The average molecular weight is 484 g/mol. The van der Waals surface area contributed by atoms with Crippen LogP contribution in [0, 0.1) is 0 Å². The summed E-state index contributed by atoms with van der Waals surface area (Å²) < 4.78 is 16.2. The lowest BCUT2D eigenvalue weighted by atomic mass is 10.1. The molecule has 0 radical (unpaired) electrons. The lowest BCUT2D eigenvalue weighted by Gasteiger charge is -2.18. The SMILES string of the molecule is COc1ccc(-c2nc(Nc3ccc(OC)c(Cl)c3)nc(NC3CCCCCC3)n2)c(OC)c1. The lowest BCUT2D eigenvalue weighted by molar-refractivity contribution is 0.395. The molecule has 1 saturated carbocycles. The van der Waals surface area contributed by atoms with Crippen molar-refractivity contribution in [3.05, 3.63) is 41.4 Å². The number of hydrogen-bond donors (Lipinski definition) is 2. The van der Waals surface area contributed by atoms with E-state index in [4.69, 9.17) is 30.8 Å². The van der Waals surface area contributed by atoms with Gasteiger partial charge in [0.05, 0.1) is 31.9 Å². The van der Waals surface area contributed by atoms with E-state index in [1.165, 1.54) is 25.7 Å². The molecule has 0 saturated heterocycles. The Morgan fingerprint density at radius 2 is 1.53 bits per heavy atom. The van der Waals surface area contributed by atoms with E-state index in [9.17, 15) is 0 Å². The zero-order chi connectivity index (χ0) is 23.9. The van der Waals surface area contributed by atoms with Gasteiger partial charge in [-0.1, -0.05) is 37.3 Å². The molecule has 0 atom stereocenters. The summed E-state index contributed by atoms with van der Waals surface area (Å²) in [5, 5.41) is 7.28. The molecule has 2 aromatic carbocycles. The third-order valence-corrected chi connectivity index (χ3v) is 6.18. The van der Waals surface area contributed by atoms with Gasteiger partial charge in [0.2, 0.25) is 11.9 Å². The number of methoxy groups -OCH3 is 3. The number of hydrogen-bond acceptors (Lipinski definition) is 8. The van der Waals surface area contributed by atoms with Gasteiger partial charge in [-0.2, -0.15) is 15.0 Å². The largest absolute Gasteiger partial charge is 0.497 e. The molecule has 0 aliphatic heterocycles. The van der Waals surface area contributed by atoms with Crippen LogP contribution < -0.4 is 24.8 Å². The van der Waals surface area contributed by atoms with Gasteiger partial charge in [-0.3, -0.25) is 0 Å². The number of nitrogens with one attached hydrogen (secondary N) is 2. The van der Waals surface area contributed by atoms with Crippen LogP contribution in [-0.4, -0.2) is 42.3 Å². The van der Waals surface area contributed by atoms with Crippen molar-refractivity contribution in [1.82, 2.24) is 15.0 Å². The Morgan fingerprint density at radius 1 is 0.794 bits per heavy atom. The van der Waals surface area contributed by atoms with E-state index in [1.807, 2.05) is 24.3 Å². The Hall–Kier alpha value is -3.26. The molecule has 1 aliphatic rings. The molecule has 1 heterocycles. The van der Waals surface area contributed by atoms with E-state index in [1.54, 1.807) is 33.5 Å². The van der Waals surface area contributed by atoms with Crippen molar-refractivity contribution in [2.45, 2.75) is 44.6 Å². The molecular formula is C25H30ClN5O3. The summed E-state index contributed by atoms with van der Waals surface area (Å²) in [4.78, 5) is 14.1. The normalized spacial score (nSPS) is 14.2. The van der Waals surface area contributed by atoms with Gasteiger partial charge in [-0.25, -0.2) is 0 Å². The van der Waals surface area contributed by atoms with Crippen LogP contribution in [0.15, 0.2) is 36.4 Å². The molecule has 34 heavy (non-hydrogen) atoms. The van der Waals surface area contributed by atoms with Crippen molar-refractivity contribution in [1.29, 1.82) is 0 Å². The number of aromatic nitrogens is 3. The zero-order valence-corrected chi connectivity index (χ0v) is 20.5. The second kappa shape index (κ2) is 11.2. The molecule has 180 valence electrons. The third-order valence-electron chi connectivity index (χ3n) is 5.88. The Bertz CT molecular complexity index is 1120. The van der Waals surface area contributed by atoms with Crippen molar-refractivity contribution in [2.24, 2.45) is 0 Å². The summed E-state index contributed by atoms with van der Waals surface area (Å²) in [6, 6.07) is 11.3. The van der Waals surface area contributed by atoms with Gasteiger partial charge < -0.3 is 24.8 Å². The minimum atomic E-state index is 0.332. The van der Waals surface area contributed by atoms with Crippen molar-refractivity contribution < 1.29 is 14.2 Å². The van der Waals surface area contributed by atoms with Crippen molar-refractivity contribution in [2.75, 3.05) is 32.0 Å². The standard InChI is InChI=1S/C25H30ClN5O3/c1-32-18-11-12-19(22(15-18)34-3)23-29-24(27-16-8-6-4-5-7-9-16)31-25(30-23)28-17-10-13-21(33-2)20(26)14-17/h10-16H,4-9H2,1-3H3,(H2,27,28,29,30,31). The second-order valence-corrected chi connectivity index (χ2v) is 8.59. The topological polar surface area (TPSA) is 90.4 Å². The average Bonchev–Trinajstić information content (AvgIpc) is 3.12. The predicted octanol–water partition coefficient (Wildman–Crippen LogP) is 6.10. The van der Waals surface area contributed by atoms with Crippen LogP contribution in [0.5, 0.6) is 17.2 Å². The maximum absolute atomic E-state index is 6.31. The maximum Gasteiger partial charge on any atom is 0.232 e. The van der Waals surface area contributed by atoms with Gasteiger partial charge in [0, 0.05) is 17.8 Å². The fourth-order valence-electron chi connectivity index (χ4n) is 4.08. The van der Waals surface area contributed by atoms with E-state index >= 15 is 0 Å². The van der Waals surface area contributed by atoms with Crippen LogP contribution in [0.2, 0.25) is 5.02 Å². The Kier molecular flexibility index (Phi) is 7.90. The Labute approximate surface area is 205 Å². The van der Waals surface area contributed by atoms with E-state index < -0.39 is 0 Å². The van der Waals surface area contributed by atoms with Crippen molar-refractivity contribution >= 4 is 29.2 Å². The molecule has 4 rings (SSSR count). The number of nitrogens with zero attached hydrogens (tertiary/aromatic N) is 3. The van der Waals surface area contributed by atoms with Gasteiger partial charge in [0.25, 0.3) is 0 Å². The predicted molar refractivity (Wildman–Crippen MR) is 135 cm³/mol. The van der Waals surface area contributed by atoms with Crippen LogP contribution in [0.1, 0.15) is 38.5 Å².